The number of nitrogen functional groups attached to an aromatic ring is 1. The molecule has 1 saturated carbocycles. The van der Waals surface area contributed by atoms with Crippen LogP contribution in [0.5, 0.6) is 5.75 Å². The predicted octanol–water partition coefficient (Wildman–Crippen LogP) is 3.94. The minimum Gasteiger partial charge on any atom is -0.492 e. The maximum atomic E-state index is 5.86. The first-order valence-electron chi connectivity index (χ1n) is 8.37. The van der Waals surface area contributed by atoms with Crippen molar-refractivity contribution < 1.29 is 4.74 Å². The van der Waals surface area contributed by atoms with E-state index in [1.165, 1.54) is 38.6 Å². The summed E-state index contributed by atoms with van der Waals surface area (Å²) in [5, 5.41) is 0. The molecule has 0 heterocycles. The minimum atomic E-state index is 0.748. The first kappa shape index (κ1) is 16.2. The third-order valence-corrected chi connectivity index (χ3v) is 4.34. The molecule has 0 unspecified atom stereocenters. The van der Waals surface area contributed by atoms with Gasteiger partial charge in [0.15, 0.2) is 0 Å². The second kappa shape index (κ2) is 8.28. The lowest BCUT2D eigenvalue weighted by atomic mass is 10.1. The van der Waals surface area contributed by atoms with E-state index in [9.17, 15) is 0 Å². The highest BCUT2D eigenvalue weighted by atomic mass is 16.5. The Morgan fingerprint density at radius 1 is 1.24 bits per heavy atom. The zero-order chi connectivity index (χ0) is 15.1. The second-order valence-electron chi connectivity index (χ2n) is 6.58. The summed E-state index contributed by atoms with van der Waals surface area (Å²) in [5.74, 6) is 1.65. The maximum absolute atomic E-state index is 5.86. The van der Waals surface area contributed by atoms with Crippen LogP contribution in [0.3, 0.4) is 0 Å². The topological polar surface area (TPSA) is 38.5 Å². The van der Waals surface area contributed by atoms with Crippen LogP contribution in [0.1, 0.15) is 46.0 Å². The number of benzene rings is 1. The molecule has 0 aromatic heterocycles. The van der Waals surface area contributed by atoms with Crippen molar-refractivity contribution in [3.63, 3.8) is 0 Å². The van der Waals surface area contributed by atoms with E-state index in [0.717, 1.165) is 36.5 Å². The van der Waals surface area contributed by atoms with Crippen molar-refractivity contribution in [2.45, 2.75) is 52.0 Å². The van der Waals surface area contributed by atoms with Crippen molar-refractivity contribution in [3.8, 4) is 5.75 Å². The first-order valence-corrected chi connectivity index (χ1v) is 8.37. The smallest absolute Gasteiger partial charge is 0.121 e. The van der Waals surface area contributed by atoms with Gasteiger partial charge < -0.3 is 10.5 Å². The molecule has 1 aromatic carbocycles. The van der Waals surface area contributed by atoms with E-state index in [2.05, 4.69) is 18.7 Å². The van der Waals surface area contributed by atoms with Crippen LogP contribution in [0.15, 0.2) is 24.3 Å². The Kier molecular flexibility index (Phi) is 6.37. The summed E-state index contributed by atoms with van der Waals surface area (Å²) in [6.45, 7) is 7.57. The first-order chi connectivity index (χ1) is 10.1. The molecule has 2 rings (SSSR count). The summed E-state index contributed by atoms with van der Waals surface area (Å²) in [7, 11) is 0. The molecule has 0 spiro atoms. The van der Waals surface area contributed by atoms with Gasteiger partial charge in [0.1, 0.15) is 12.4 Å². The van der Waals surface area contributed by atoms with Crippen molar-refractivity contribution >= 4 is 5.69 Å². The standard InChI is InChI=1S/C18H30N2O/c1-15(2)10-11-20(17-7-3-4-8-17)12-13-21-18-9-5-6-16(19)14-18/h5-6,9,14-15,17H,3-4,7-8,10-13,19H2,1-2H3. The van der Waals surface area contributed by atoms with E-state index in [0.29, 0.717) is 0 Å². The number of rotatable bonds is 8. The second-order valence-corrected chi connectivity index (χ2v) is 6.58. The Bertz CT molecular complexity index is 413. The van der Waals surface area contributed by atoms with Gasteiger partial charge in [0.05, 0.1) is 0 Å². The third kappa shape index (κ3) is 5.58. The summed E-state index contributed by atoms with van der Waals surface area (Å²) in [5.41, 5.74) is 6.54. The van der Waals surface area contributed by atoms with Crippen LogP contribution < -0.4 is 10.5 Å². The normalized spacial score (nSPS) is 16.0. The summed E-state index contributed by atoms with van der Waals surface area (Å²) in [4.78, 5) is 2.64. The molecule has 0 bridgehead atoms. The molecule has 21 heavy (non-hydrogen) atoms. The predicted molar refractivity (Wildman–Crippen MR) is 89.6 cm³/mol. The van der Waals surface area contributed by atoms with Gasteiger partial charge in [0, 0.05) is 24.3 Å². The van der Waals surface area contributed by atoms with Crippen molar-refractivity contribution in [3.05, 3.63) is 24.3 Å². The van der Waals surface area contributed by atoms with Gasteiger partial charge in [0.25, 0.3) is 0 Å². The number of ether oxygens (including phenoxy) is 1. The van der Waals surface area contributed by atoms with Crippen LogP contribution >= 0.6 is 0 Å². The van der Waals surface area contributed by atoms with Gasteiger partial charge in [-0.3, -0.25) is 4.90 Å². The molecule has 0 amide bonds. The lowest BCUT2D eigenvalue weighted by Gasteiger charge is -2.29. The molecule has 118 valence electrons. The van der Waals surface area contributed by atoms with Gasteiger partial charge in [-0.25, -0.2) is 0 Å². The fourth-order valence-corrected chi connectivity index (χ4v) is 3.06. The highest BCUT2D eigenvalue weighted by Crippen LogP contribution is 2.24. The molecule has 1 fully saturated rings. The Labute approximate surface area is 129 Å². The van der Waals surface area contributed by atoms with Crippen LogP contribution in [-0.2, 0) is 0 Å². The van der Waals surface area contributed by atoms with Gasteiger partial charge in [-0.2, -0.15) is 0 Å². The van der Waals surface area contributed by atoms with Gasteiger partial charge in [0.2, 0.25) is 0 Å². The maximum Gasteiger partial charge on any atom is 0.121 e. The molecule has 1 aliphatic carbocycles. The molecular formula is C18H30N2O. The number of anilines is 1. The minimum absolute atomic E-state index is 0.748. The van der Waals surface area contributed by atoms with Gasteiger partial charge in [-0.05, 0) is 43.9 Å². The van der Waals surface area contributed by atoms with Crippen molar-refractivity contribution in [2.24, 2.45) is 5.92 Å². The van der Waals surface area contributed by atoms with E-state index < -0.39 is 0 Å². The summed E-state index contributed by atoms with van der Waals surface area (Å²) in [6.07, 6.45) is 6.76. The molecule has 3 heteroatoms. The molecular weight excluding hydrogens is 260 g/mol. The van der Waals surface area contributed by atoms with E-state index >= 15 is 0 Å². The van der Waals surface area contributed by atoms with E-state index in [1.807, 2.05) is 24.3 Å². The van der Waals surface area contributed by atoms with Gasteiger partial charge >= 0.3 is 0 Å². The highest BCUT2D eigenvalue weighted by molar-refractivity contribution is 5.43. The molecule has 1 aliphatic rings. The third-order valence-electron chi connectivity index (χ3n) is 4.34. The number of hydrogen-bond donors (Lipinski definition) is 1. The highest BCUT2D eigenvalue weighted by Gasteiger charge is 2.22. The average molecular weight is 290 g/mol. The zero-order valence-electron chi connectivity index (χ0n) is 13.6. The molecule has 0 saturated heterocycles. The summed E-state index contributed by atoms with van der Waals surface area (Å²) < 4.78 is 5.86. The average Bonchev–Trinajstić information content (AvgIpc) is 2.96. The lowest BCUT2D eigenvalue weighted by molar-refractivity contribution is 0.153. The number of nitrogens with two attached hydrogens (primary N) is 1. The fourth-order valence-electron chi connectivity index (χ4n) is 3.06. The van der Waals surface area contributed by atoms with E-state index in [1.54, 1.807) is 0 Å². The van der Waals surface area contributed by atoms with E-state index in [-0.39, 0.29) is 0 Å². The molecule has 3 nitrogen and oxygen atoms in total. The lowest BCUT2D eigenvalue weighted by Crippen LogP contribution is -2.37. The van der Waals surface area contributed by atoms with Crippen molar-refractivity contribution in [1.82, 2.24) is 4.90 Å². The molecule has 0 atom stereocenters. The Balaban J connectivity index is 1.80. The van der Waals surface area contributed by atoms with Crippen LogP contribution in [0, 0.1) is 5.92 Å². The Hall–Kier alpha value is -1.22. The molecule has 0 radical (unpaired) electrons. The van der Waals surface area contributed by atoms with Crippen LogP contribution in [0.25, 0.3) is 0 Å². The summed E-state index contributed by atoms with van der Waals surface area (Å²) >= 11 is 0. The Morgan fingerprint density at radius 3 is 2.67 bits per heavy atom. The quantitative estimate of drug-likeness (QED) is 0.737. The number of nitrogens with zero attached hydrogens (tertiary/aromatic N) is 1. The summed E-state index contributed by atoms with van der Waals surface area (Å²) in [6, 6.07) is 8.48. The zero-order valence-corrected chi connectivity index (χ0v) is 13.6. The molecule has 0 aliphatic heterocycles. The monoisotopic (exact) mass is 290 g/mol. The van der Waals surface area contributed by atoms with Crippen molar-refractivity contribution in [2.75, 3.05) is 25.4 Å². The molecule has 2 N–H and O–H groups in total. The largest absolute Gasteiger partial charge is 0.492 e. The van der Waals surface area contributed by atoms with Crippen LogP contribution in [0.2, 0.25) is 0 Å². The molecule has 1 aromatic rings. The van der Waals surface area contributed by atoms with Gasteiger partial charge in [-0.15, -0.1) is 0 Å². The van der Waals surface area contributed by atoms with Gasteiger partial charge in [-0.1, -0.05) is 32.8 Å². The van der Waals surface area contributed by atoms with Crippen LogP contribution in [-0.4, -0.2) is 30.6 Å². The SMILES string of the molecule is CC(C)CCN(CCOc1cccc(N)c1)C1CCCC1. The number of hydrogen-bond acceptors (Lipinski definition) is 3. The van der Waals surface area contributed by atoms with E-state index in [4.69, 9.17) is 10.5 Å². The van der Waals surface area contributed by atoms with Crippen molar-refractivity contribution in [1.29, 1.82) is 0 Å². The van der Waals surface area contributed by atoms with Crippen LogP contribution in [0.4, 0.5) is 5.69 Å². The fraction of sp³-hybridized carbons (Fsp3) is 0.667. The Morgan fingerprint density at radius 2 is 2.00 bits per heavy atom.